The number of nitrogens with zero attached hydrogens (tertiary/aromatic N) is 1. The van der Waals surface area contributed by atoms with E-state index in [-0.39, 0.29) is 28.3 Å². The summed E-state index contributed by atoms with van der Waals surface area (Å²) in [7, 11) is 0. The van der Waals surface area contributed by atoms with Crippen LogP contribution >= 0.6 is 11.6 Å². The molecule has 1 fully saturated rings. The van der Waals surface area contributed by atoms with Crippen LogP contribution in [-0.4, -0.2) is 39.6 Å². The van der Waals surface area contributed by atoms with Gasteiger partial charge in [0.05, 0.1) is 17.0 Å². The Morgan fingerprint density at radius 3 is 2.80 bits per heavy atom. The van der Waals surface area contributed by atoms with Crippen LogP contribution in [0.25, 0.3) is 11.0 Å². The third-order valence-corrected chi connectivity index (χ3v) is 4.84. The molecule has 0 radical (unpaired) electrons. The molecule has 1 aliphatic heterocycles. The molecule has 1 amide bonds. The van der Waals surface area contributed by atoms with E-state index >= 15 is 0 Å². The van der Waals surface area contributed by atoms with Crippen LogP contribution in [0.5, 0.6) is 5.75 Å². The molecule has 1 aromatic carbocycles. The molecule has 132 valence electrons. The molecular weight excluding hydrogens is 350 g/mol. The van der Waals surface area contributed by atoms with E-state index in [4.69, 9.17) is 16.0 Å². The number of carbonyl (C=O) groups is 2. The zero-order valence-corrected chi connectivity index (χ0v) is 14.2. The van der Waals surface area contributed by atoms with Crippen molar-refractivity contribution in [2.24, 2.45) is 0 Å². The second-order valence-corrected chi connectivity index (χ2v) is 6.46. The second kappa shape index (κ2) is 6.40. The van der Waals surface area contributed by atoms with E-state index in [0.717, 1.165) is 0 Å². The number of amides is 1. The van der Waals surface area contributed by atoms with Crippen LogP contribution < -0.4 is 5.63 Å². The second-order valence-electron chi connectivity index (χ2n) is 6.05. The van der Waals surface area contributed by atoms with Gasteiger partial charge in [0.1, 0.15) is 17.4 Å². The van der Waals surface area contributed by atoms with Crippen LogP contribution in [0, 0.1) is 6.92 Å². The number of phenolic OH excluding ortho intramolecular Hbond substituents is 1. The van der Waals surface area contributed by atoms with Crippen molar-refractivity contribution < 1.29 is 24.2 Å². The lowest BCUT2D eigenvalue weighted by atomic mass is 10.0. The van der Waals surface area contributed by atoms with E-state index in [0.29, 0.717) is 30.3 Å². The number of hydrogen-bond acceptors (Lipinski definition) is 5. The number of carboxylic acid groups (broad SMARTS) is 1. The number of likely N-dealkylation sites (tertiary alicyclic amines) is 1. The lowest BCUT2D eigenvalue weighted by Crippen LogP contribution is -2.41. The van der Waals surface area contributed by atoms with E-state index in [1.807, 2.05) is 0 Å². The van der Waals surface area contributed by atoms with Crippen molar-refractivity contribution in [1.82, 2.24) is 4.90 Å². The van der Waals surface area contributed by atoms with Crippen molar-refractivity contribution in [3.05, 3.63) is 38.7 Å². The van der Waals surface area contributed by atoms with Crippen molar-refractivity contribution in [2.75, 3.05) is 6.54 Å². The molecule has 1 unspecified atom stereocenters. The van der Waals surface area contributed by atoms with Gasteiger partial charge in [-0.3, -0.25) is 4.79 Å². The summed E-state index contributed by atoms with van der Waals surface area (Å²) in [5.74, 6) is -1.68. The van der Waals surface area contributed by atoms with Crippen LogP contribution in [-0.2, 0) is 16.0 Å². The number of halogens is 1. The molecule has 2 heterocycles. The lowest BCUT2D eigenvalue weighted by Gasteiger charge is -2.21. The molecule has 1 saturated heterocycles. The third kappa shape index (κ3) is 3.07. The number of fused-ring (bicyclic) bond motifs is 1. The average Bonchev–Trinajstić information content (AvgIpc) is 3.03. The monoisotopic (exact) mass is 365 g/mol. The van der Waals surface area contributed by atoms with Crippen molar-refractivity contribution in [2.45, 2.75) is 32.2 Å². The number of carboxylic acids is 1. The predicted octanol–water partition coefficient (Wildman–Crippen LogP) is 2.08. The number of benzene rings is 1. The summed E-state index contributed by atoms with van der Waals surface area (Å²) in [6.45, 7) is 2.02. The molecule has 0 spiro atoms. The van der Waals surface area contributed by atoms with Crippen molar-refractivity contribution >= 4 is 34.4 Å². The highest BCUT2D eigenvalue weighted by atomic mass is 35.5. The Morgan fingerprint density at radius 2 is 2.12 bits per heavy atom. The van der Waals surface area contributed by atoms with E-state index in [1.54, 1.807) is 6.92 Å². The Bertz CT molecular complexity index is 935. The van der Waals surface area contributed by atoms with Gasteiger partial charge in [-0.25, -0.2) is 9.59 Å². The van der Waals surface area contributed by atoms with Gasteiger partial charge < -0.3 is 19.5 Å². The highest BCUT2D eigenvalue weighted by Gasteiger charge is 2.34. The topological polar surface area (TPSA) is 108 Å². The average molecular weight is 366 g/mol. The summed E-state index contributed by atoms with van der Waals surface area (Å²) in [5.41, 5.74) is 0.166. The van der Waals surface area contributed by atoms with Gasteiger partial charge in [0, 0.05) is 18.0 Å². The van der Waals surface area contributed by atoms with Crippen LogP contribution in [0.3, 0.4) is 0 Å². The van der Waals surface area contributed by atoms with Gasteiger partial charge in [-0.05, 0) is 31.4 Å². The van der Waals surface area contributed by atoms with Gasteiger partial charge in [0.2, 0.25) is 5.91 Å². The SMILES string of the molecule is Cc1c(CC(=O)N2CCCC2C(=O)O)c(=O)oc2cc(O)c(Cl)cc12. The molecule has 0 bridgehead atoms. The predicted molar refractivity (Wildman–Crippen MR) is 90.0 cm³/mol. The molecular formula is C17H16ClNO6. The van der Waals surface area contributed by atoms with E-state index < -0.39 is 23.5 Å². The zero-order valence-electron chi connectivity index (χ0n) is 13.4. The zero-order chi connectivity index (χ0) is 18.3. The minimum absolute atomic E-state index is 0.104. The number of rotatable bonds is 3. The highest BCUT2D eigenvalue weighted by Crippen LogP contribution is 2.31. The Labute approximate surface area is 147 Å². The third-order valence-electron chi connectivity index (χ3n) is 4.54. The summed E-state index contributed by atoms with van der Waals surface area (Å²) >= 11 is 5.90. The number of hydrogen-bond donors (Lipinski definition) is 2. The van der Waals surface area contributed by atoms with Crippen LogP contribution in [0.4, 0.5) is 0 Å². The Balaban J connectivity index is 1.99. The normalized spacial score (nSPS) is 17.2. The maximum absolute atomic E-state index is 12.5. The van der Waals surface area contributed by atoms with Crippen LogP contribution in [0.15, 0.2) is 21.3 Å². The minimum atomic E-state index is -1.05. The van der Waals surface area contributed by atoms with E-state index in [9.17, 15) is 24.6 Å². The van der Waals surface area contributed by atoms with Gasteiger partial charge in [0.15, 0.2) is 0 Å². The summed E-state index contributed by atoms with van der Waals surface area (Å²) in [5, 5.41) is 19.4. The van der Waals surface area contributed by atoms with Crippen molar-refractivity contribution in [1.29, 1.82) is 0 Å². The summed E-state index contributed by atoms with van der Waals surface area (Å²) in [6.07, 6.45) is 0.774. The summed E-state index contributed by atoms with van der Waals surface area (Å²) in [4.78, 5) is 37.3. The molecule has 2 N–H and O–H groups in total. The molecule has 25 heavy (non-hydrogen) atoms. The van der Waals surface area contributed by atoms with Crippen LogP contribution in [0.1, 0.15) is 24.0 Å². The van der Waals surface area contributed by atoms with Crippen molar-refractivity contribution in [3.63, 3.8) is 0 Å². The largest absolute Gasteiger partial charge is 0.506 e. The fourth-order valence-electron chi connectivity index (χ4n) is 3.18. The van der Waals surface area contributed by atoms with Gasteiger partial charge in [-0.15, -0.1) is 0 Å². The molecule has 2 aromatic rings. The van der Waals surface area contributed by atoms with Gasteiger partial charge >= 0.3 is 11.6 Å². The van der Waals surface area contributed by atoms with Gasteiger partial charge in [-0.2, -0.15) is 0 Å². The number of aryl methyl sites for hydroxylation is 1. The number of phenols is 1. The molecule has 7 nitrogen and oxygen atoms in total. The van der Waals surface area contributed by atoms with E-state index in [2.05, 4.69) is 0 Å². The number of aromatic hydroxyl groups is 1. The Kier molecular flexibility index (Phi) is 4.43. The standard InChI is InChI=1S/C17H16ClNO6/c1-8-9-5-11(18)13(20)7-14(9)25-17(24)10(8)6-15(21)19-4-2-3-12(19)16(22)23/h5,7,12,20H,2-4,6H2,1H3,(H,22,23). The molecule has 0 saturated carbocycles. The molecule has 8 heteroatoms. The highest BCUT2D eigenvalue weighted by molar-refractivity contribution is 6.32. The molecule has 1 aromatic heterocycles. The van der Waals surface area contributed by atoms with Crippen LogP contribution in [0.2, 0.25) is 5.02 Å². The molecule has 3 rings (SSSR count). The molecule has 0 aliphatic carbocycles. The maximum Gasteiger partial charge on any atom is 0.340 e. The van der Waals surface area contributed by atoms with Gasteiger partial charge in [-0.1, -0.05) is 11.6 Å². The quantitative estimate of drug-likeness (QED) is 0.806. The smallest absolute Gasteiger partial charge is 0.340 e. The van der Waals surface area contributed by atoms with Gasteiger partial charge in [0.25, 0.3) is 0 Å². The first-order valence-electron chi connectivity index (χ1n) is 7.76. The fourth-order valence-corrected chi connectivity index (χ4v) is 3.34. The number of aliphatic carboxylic acids is 1. The molecule has 1 atom stereocenters. The fraction of sp³-hybridized carbons (Fsp3) is 0.353. The van der Waals surface area contributed by atoms with E-state index in [1.165, 1.54) is 17.0 Å². The molecule has 1 aliphatic rings. The first kappa shape index (κ1) is 17.3. The summed E-state index contributed by atoms with van der Waals surface area (Å²) < 4.78 is 5.19. The number of carbonyl (C=O) groups excluding carboxylic acids is 1. The lowest BCUT2D eigenvalue weighted by molar-refractivity contribution is -0.148. The summed E-state index contributed by atoms with van der Waals surface area (Å²) in [6, 6.07) is 1.86. The Hall–Kier alpha value is -2.54. The first-order valence-corrected chi connectivity index (χ1v) is 8.14. The maximum atomic E-state index is 12.5. The Morgan fingerprint density at radius 1 is 1.40 bits per heavy atom. The first-order chi connectivity index (χ1) is 11.8. The minimum Gasteiger partial charge on any atom is -0.506 e. The van der Waals surface area contributed by atoms with Crippen molar-refractivity contribution in [3.8, 4) is 5.75 Å².